The molecule has 0 heterocycles. The van der Waals surface area contributed by atoms with Gasteiger partial charge in [-0.1, -0.05) is 36.3 Å². The molecule has 0 aromatic heterocycles. The maximum atomic E-state index is 11.1. The van der Waals surface area contributed by atoms with Crippen LogP contribution in [0.5, 0.6) is 0 Å². The van der Waals surface area contributed by atoms with Crippen molar-refractivity contribution >= 4 is 11.9 Å². The van der Waals surface area contributed by atoms with E-state index in [1.165, 1.54) is 0 Å². The maximum absolute atomic E-state index is 11.1. The number of benzene rings is 1. The van der Waals surface area contributed by atoms with Crippen LogP contribution in [0.3, 0.4) is 0 Å². The molecule has 1 aromatic rings. The molecule has 2 N–H and O–H groups in total. The van der Waals surface area contributed by atoms with Gasteiger partial charge in [0.1, 0.15) is 13.0 Å². The van der Waals surface area contributed by atoms with Crippen molar-refractivity contribution in [3.05, 3.63) is 35.9 Å². The number of carbonyl (C=O) groups is 2. The second kappa shape index (κ2) is 6.25. The average molecular weight is 217 g/mol. The number of carbonyl (C=O) groups excluding carboxylic acids is 2. The van der Waals surface area contributed by atoms with Crippen LogP contribution in [0, 0.1) is 11.8 Å². The Hall–Kier alpha value is -2.28. The van der Waals surface area contributed by atoms with Gasteiger partial charge in [-0.25, -0.2) is 0 Å². The number of hydrogen-bond donors (Lipinski definition) is 1. The molecule has 1 rings (SSSR count). The third-order valence-electron chi connectivity index (χ3n) is 1.69. The van der Waals surface area contributed by atoms with Crippen molar-refractivity contribution < 1.29 is 14.3 Å². The van der Waals surface area contributed by atoms with Crippen molar-refractivity contribution in [1.29, 1.82) is 0 Å². The molecule has 0 saturated heterocycles. The molecule has 4 nitrogen and oxygen atoms in total. The number of ether oxygens (including phenoxy) is 1. The zero-order valence-electron chi connectivity index (χ0n) is 8.60. The highest BCUT2D eigenvalue weighted by Crippen LogP contribution is 2.01. The summed E-state index contributed by atoms with van der Waals surface area (Å²) in [5.74, 6) is 3.16. The number of nitrogens with two attached hydrogens (primary N) is 1. The van der Waals surface area contributed by atoms with Gasteiger partial charge in [-0.15, -0.1) is 0 Å². The smallest absolute Gasteiger partial charge is 0.318 e. The molecular weight excluding hydrogens is 206 g/mol. The quantitative estimate of drug-likeness (QED) is 0.595. The fourth-order valence-corrected chi connectivity index (χ4v) is 0.993. The Morgan fingerprint density at radius 1 is 1.25 bits per heavy atom. The van der Waals surface area contributed by atoms with Gasteiger partial charge in [0, 0.05) is 0 Å². The summed E-state index contributed by atoms with van der Waals surface area (Å²) in [5.41, 5.74) is 5.68. The zero-order chi connectivity index (χ0) is 11.8. The summed E-state index contributed by atoms with van der Waals surface area (Å²) in [7, 11) is 0. The van der Waals surface area contributed by atoms with E-state index < -0.39 is 11.9 Å². The monoisotopic (exact) mass is 217 g/mol. The van der Waals surface area contributed by atoms with Crippen molar-refractivity contribution in [3.63, 3.8) is 0 Å². The third-order valence-corrected chi connectivity index (χ3v) is 1.69. The summed E-state index contributed by atoms with van der Waals surface area (Å²) in [6, 6.07) is 9.29. The number of amides is 1. The summed E-state index contributed by atoms with van der Waals surface area (Å²) in [6.07, 6.45) is -0.129. The molecule has 0 aliphatic heterocycles. The topological polar surface area (TPSA) is 69.4 Å². The molecule has 0 radical (unpaired) electrons. The summed E-state index contributed by atoms with van der Waals surface area (Å²) in [6.45, 7) is 0.206. The van der Waals surface area contributed by atoms with Crippen molar-refractivity contribution in [2.24, 2.45) is 5.73 Å². The van der Waals surface area contributed by atoms with E-state index in [4.69, 9.17) is 10.5 Å². The predicted octanol–water partition coefficient (Wildman–Crippen LogP) is 0.609. The van der Waals surface area contributed by atoms with E-state index in [0.717, 1.165) is 5.56 Å². The minimum Gasteiger partial charge on any atom is -0.460 e. The number of esters is 1. The van der Waals surface area contributed by atoms with Crippen LogP contribution in [0.1, 0.15) is 12.0 Å². The fraction of sp³-hybridized carbons (Fsp3) is 0.167. The average Bonchev–Trinajstić information content (AvgIpc) is 2.27. The Morgan fingerprint density at radius 2 is 1.94 bits per heavy atom. The van der Waals surface area contributed by atoms with Gasteiger partial charge in [0.2, 0.25) is 0 Å². The van der Waals surface area contributed by atoms with Crippen LogP contribution >= 0.6 is 0 Å². The van der Waals surface area contributed by atoms with Gasteiger partial charge in [0.05, 0.1) is 0 Å². The van der Waals surface area contributed by atoms with Gasteiger partial charge >= 0.3 is 5.97 Å². The van der Waals surface area contributed by atoms with Crippen molar-refractivity contribution in [3.8, 4) is 11.8 Å². The molecule has 4 heteroatoms. The highest BCUT2D eigenvalue weighted by molar-refractivity contribution is 5.92. The highest BCUT2D eigenvalue weighted by atomic mass is 16.5. The van der Waals surface area contributed by atoms with Crippen LogP contribution in [0.15, 0.2) is 30.3 Å². The highest BCUT2D eigenvalue weighted by Gasteiger charge is 2.00. The normalized spacial score (nSPS) is 8.75. The van der Waals surface area contributed by atoms with E-state index in [1.54, 1.807) is 0 Å². The molecule has 1 aromatic carbocycles. The summed E-state index contributed by atoms with van der Waals surface area (Å²) >= 11 is 0. The molecule has 1 amide bonds. The fourth-order valence-electron chi connectivity index (χ4n) is 0.993. The molecule has 0 fully saturated rings. The van der Waals surface area contributed by atoms with Gasteiger partial charge in [0.25, 0.3) is 5.91 Å². The summed E-state index contributed by atoms with van der Waals surface area (Å²) < 4.78 is 4.92. The molecule has 0 aliphatic rings. The maximum Gasteiger partial charge on any atom is 0.318 e. The van der Waals surface area contributed by atoms with Crippen LogP contribution in [0.25, 0.3) is 0 Å². The predicted molar refractivity (Wildman–Crippen MR) is 57.8 cm³/mol. The molecule has 0 aliphatic carbocycles. The van der Waals surface area contributed by atoms with Crippen LogP contribution in [-0.2, 0) is 20.9 Å². The molecule has 0 spiro atoms. The minimum atomic E-state index is -0.754. The number of primary amides is 1. The third kappa shape index (κ3) is 4.82. The first kappa shape index (κ1) is 11.8. The van der Waals surface area contributed by atoms with E-state index in [1.807, 2.05) is 30.3 Å². The largest absolute Gasteiger partial charge is 0.460 e. The van der Waals surface area contributed by atoms with Gasteiger partial charge in [-0.3, -0.25) is 9.59 Å². The Labute approximate surface area is 93.4 Å². The Bertz CT molecular complexity index is 429. The summed E-state index contributed by atoms with van der Waals surface area (Å²) in [5, 5.41) is 0. The second-order valence-corrected chi connectivity index (χ2v) is 2.99. The van der Waals surface area contributed by atoms with Crippen LogP contribution in [0.2, 0.25) is 0 Å². The molecule has 16 heavy (non-hydrogen) atoms. The second-order valence-electron chi connectivity index (χ2n) is 2.99. The first-order valence-corrected chi connectivity index (χ1v) is 4.66. The Morgan fingerprint density at radius 3 is 2.56 bits per heavy atom. The van der Waals surface area contributed by atoms with E-state index >= 15 is 0 Å². The van der Waals surface area contributed by atoms with Gasteiger partial charge in [0.15, 0.2) is 0 Å². The van der Waals surface area contributed by atoms with Gasteiger partial charge in [-0.05, 0) is 11.5 Å². The molecule has 0 atom stereocenters. The van der Waals surface area contributed by atoms with Gasteiger partial charge < -0.3 is 10.5 Å². The van der Waals surface area contributed by atoms with Crippen molar-refractivity contribution in [2.75, 3.05) is 0 Å². The van der Waals surface area contributed by atoms with Crippen molar-refractivity contribution in [2.45, 2.75) is 13.0 Å². The van der Waals surface area contributed by atoms with Crippen LogP contribution < -0.4 is 5.73 Å². The van der Waals surface area contributed by atoms with Gasteiger partial charge in [-0.2, -0.15) is 0 Å². The standard InChI is InChI=1S/C12H11NO3/c13-11(14)7-4-8-12(15)16-9-10-5-2-1-3-6-10/h1-3,5-6H,8-9H2,(H2,13,14). The molecule has 0 unspecified atom stereocenters. The number of rotatable bonds is 3. The lowest BCUT2D eigenvalue weighted by atomic mass is 10.2. The summed E-state index contributed by atoms with van der Waals surface area (Å²) in [4.78, 5) is 21.4. The molecule has 82 valence electrons. The zero-order valence-corrected chi connectivity index (χ0v) is 8.60. The first-order chi connectivity index (χ1) is 7.68. The van der Waals surface area contributed by atoms with Crippen LogP contribution in [0.4, 0.5) is 0 Å². The molecule has 0 bridgehead atoms. The van der Waals surface area contributed by atoms with E-state index in [2.05, 4.69) is 11.8 Å². The van der Waals surface area contributed by atoms with E-state index in [-0.39, 0.29) is 13.0 Å². The molecular formula is C12H11NO3. The Kier molecular flexibility index (Phi) is 4.61. The first-order valence-electron chi connectivity index (χ1n) is 4.66. The lowest BCUT2D eigenvalue weighted by Gasteiger charge is -2.01. The lowest BCUT2D eigenvalue weighted by molar-refractivity contribution is -0.143. The lowest BCUT2D eigenvalue weighted by Crippen LogP contribution is -2.07. The molecule has 0 saturated carbocycles. The minimum absolute atomic E-state index is 0.129. The SMILES string of the molecule is NC(=O)C#CCC(=O)OCc1ccccc1. The van der Waals surface area contributed by atoms with Crippen LogP contribution in [-0.4, -0.2) is 11.9 Å². The van der Waals surface area contributed by atoms with E-state index in [0.29, 0.717) is 0 Å². The van der Waals surface area contributed by atoms with Crippen molar-refractivity contribution in [1.82, 2.24) is 0 Å². The number of hydrogen-bond acceptors (Lipinski definition) is 3. The Balaban J connectivity index is 2.32. The van der Waals surface area contributed by atoms with E-state index in [9.17, 15) is 9.59 Å².